The average Bonchev–Trinajstić information content (AvgIpc) is 2.85. The molecule has 1 heterocycles. The van der Waals surface area contributed by atoms with Crippen LogP contribution in [-0.2, 0) is 0 Å². The van der Waals surface area contributed by atoms with Gasteiger partial charge in [-0.2, -0.15) is 0 Å². The molecule has 1 fully saturated rings. The molecule has 2 rings (SSSR count). The molecule has 4 heteroatoms. The van der Waals surface area contributed by atoms with Crippen LogP contribution in [0.3, 0.4) is 0 Å². The van der Waals surface area contributed by atoms with E-state index in [1.165, 1.54) is 18.5 Å². The van der Waals surface area contributed by atoms with E-state index in [1.54, 1.807) is 11.3 Å². The highest BCUT2D eigenvalue weighted by Crippen LogP contribution is 2.39. The SMILES string of the molecule is CCCNC(C)c1csc(N(C)CC2CC2C)n1. The maximum Gasteiger partial charge on any atom is 0.185 e. The summed E-state index contributed by atoms with van der Waals surface area (Å²) in [5.41, 5.74) is 1.18. The van der Waals surface area contributed by atoms with Gasteiger partial charge >= 0.3 is 0 Å². The van der Waals surface area contributed by atoms with Gasteiger partial charge in [0.05, 0.1) is 5.69 Å². The Bertz CT molecular complexity index is 377. The van der Waals surface area contributed by atoms with E-state index in [9.17, 15) is 0 Å². The van der Waals surface area contributed by atoms with Gasteiger partial charge < -0.3 is 10.2 Å². The van der Waals surface area contributed by atoms with E-state index in [4.69, 9.17) is 4.98 Å². The molecule has 1 aliphatic rings. The Labute approximate surface area is 115 Å². The topological polar surface area (TPSA) is 28.2 Å². The van der Waals surface area contributed by atoms with Gasteiger partial charge in [0.2, 0.25) is 0 Å². The molecule has 0 aliphatic heterocycles. The van der Waals surface area contributed by atoms with Crippen molar-refractivity contribution in [1.29, 1.82) is 0 Å². The van der Waals surface area contributed by atoms with Gasteiger partial charge in [-0.3, -0.25) is 0 Å². The minimum atomic E-state index is 0.364. The molecular formula is C14H25N3S. The highest BCUT2D eigenvalue weighted by molar-refractivity contribution is 7.13. The number of aromatic nitrogens is 1. The lowest BCUT2D eigenvalue weighted by Gasteiger charge is -2.15. The standard InChI is InChI=1S/C14H25N3S/c1-5-6-15-11(3)13-9-18-14(16-13)17(4)8-12-7-10(12)2/h9-12,15H,5-8H2,1-4H3. The van der Waals surface area contributed by atoms with Gasteiger partial charge in [-0.15, -0.1) is 11.3 Å². The molecule has 1 aromatic heterocycles. The molecule has 0 bridgehead atoms. The van der Waals surface area contributed by atoms with Crippen LogP contribution in [0.25, 0.3) is 0 Å². The predicted octanol–water partition coefficient (Wildman–Crippen LogP) is 3.30. The lowest BCUT2D eigenvalue weighted by molar-refractivity contribution is 0.560. The molecule has 1 N–H and O–H groups in total. The summed E-state index contributed by atoms with van der Waals surface area (Å²) < 4.78 is 0. The Morgan fingerprint density at radius 3 is 2.94 bits per heavy atom. The number of hydrogen-bond acceptors (Lipinski definition) is 4. The fraction of sp³-hybridized carbons (Fsp3) is 0.786. The van der Waals surface area contributed by atoms with E-state index in [-0.39, 0.29) is 0 Å². The van der Waals surface area contributed by atoms with Gasteiger partial charge in [0, 0.05) is 25.0 Å². The lowest BCUT2D eigenvalue weighted by atomic mass is 10.2. The zero-order valence-corrected chi connectivity index (χ0v) is 12.8. The first kappa shape index (κ1) is 13.8. The van der Waals surface area contributed by atoms with Crippen molar-refractivity contribution < 1.29 is 0 Å². The molecule has 3 unspecified atom stereocenters. The number of anilines is 1. The Morgan fingerprint density at radius 1 is 1.61 bits per heavy atom. The molecule has 3 nitrogen and oxygen atoms in total. The van der Waals surface area contributed by atoms with Gasteiger partial charge in [0.25, 0.3) is 0 Å². The van der Waals surface area contributed by atoms with Gasteiger partial charge in [0.1, 0.15) is 0 Å². The van der Waals surface area contributed by atoms with E-state index < -0.39 is 0 Å². The molecular weight excluding hydrogens is 242 g/mol. The molecule has 18 heavy (non-hydrogen) atoms. The van der Waals surface area contributed by atoms with Crippen LogP contribution in [0.15, 0.2) is 5.38 Å². The fourth-order valence-corrected chi connectivity index (χ4v) is 3.09. The predicted molar refractivity (Wildman–Crippen MR) is 79.4 cm³/mol. The third-order valence-corrected chi connectivity index (χ3v) is 4.74. The Balaban J connectivity index is 1.88. The van der Waals surface area contributed by atoms with E-state index in [1.807, 2.05) is 0 Å². The minimum absolute atomic E-state index is 0.364. The van der Waals surface area contributed by atoms with Crippen LogP contribution in [0.5, 0.6) is 0 Å². The molecule has 0 radical (unpaired) electrons. The average molecular weight is 267 g/mol. The van der Waals surface area contributed by atoms with Crippen molar-refractivity contribution in [2.24, 2.45) is 11.8 Å². The number of nitrogens with zero attached hydrogens (tertiary/aromatic N) is 2. The van der Waals surface area contributed by atoms with Crippen LogP contribution in [0, 0.1) is 11.8 Å². The van der Waals surface area contributed by atoms with Crippen molar-refractivity contribution in [3.8, 4) is 0 Å². The Morgan fingerprint density at radius 2 is 2.33 bits per heavy atom. The fourth-order valence-electron chi connectivity index (χ4n) is 2.20. The van der Waals surface area contributed by atoms with Crippen LogP contribution in [0.4, 0.5) is 5.13 Å². The number of rotatable bonds is 7. The number of thiazole rings is 1. The molecule has 102 valence electrons. The second-order valence-electron chi connectivity index (χ2n) is 5.58. The second-order valence-corrected chi connectivity index (χ2v) is 6.42. The number of hydrogen-bond donors (Lipinski definition) is 1. The van der Waals surface area contributed by atoms with Crippen LogP contribution in [0.1, 0.15) is 45.3 Å². The van der Waals surface area contributed by atoms with Gasteiger partial charge in [-0.25, -0.2) is 4.98 Å². The highest BCUT2D eigenvalue weighted by atomic mass is 32.1. The summed E-state index contributed by atoms with van der Waals surface area (Å²) in [7, 11) is 2.16. The highest BCUT2D eigenvalue weighted by Gasteiger charge is 2.33. The van der Waals surface area contributed by atoms with Crippen molar-refractivity contribution >= 4 is 16.5 Å². The zero-order valence-electron chi connectivity index (χ0n) is 11.9. The minimum Gasteiger partial charge on any atom is -0.351 e. The molecule has 1 aromatic rings. The van der Waals surface area contributed by atoms with Gasteiger partial charge in [-0.05, 0) is 38.1 Å². The van der Waals surface area contributed by atoms with Gasteiger partial charge in [0.15, 0.2) is 5.13 Å². The van der Waals surface area contributed by atoms with Crippen LogP contribution >= 0.6 is 11.3 Å². The summed E-state index contributed by atoms with van der Waals surface area (Å²) in [5, 5.41) is 6.84. The molecule has 1 saturated carbocycles. The number of nitrogens with one attached hydrogen (secondary N) is 1. The molecule has 0 saturated heterocycles. The quantitative estimate of drug-likeness (QED) is 0.821. The monoisotopic (exact) mass is 267 g/mol. The maximum absolute atomic E-state index is 4.75. The van der Waals surface area contributed by atoms with E-state index in [0.717, 1.165) is 30.1 Å². The molecule has 1 aliphatic carbocycles. The molecule has 0 amide bonds. The Hall–Kier alpha value is -0.610. The second kappa shape index (κ2) is 6.02. The van der Waals surface area contributed by atoms with Crippen LogP contribution in [-0.4, -0.2) is 25.1 Å². The summed E-state index contributed by atoms with van der Waals surface area (Å²) in [6.07, 6.45) is 2.55. The van der Waals surface area contributed by atoms with Crippen molar-refractivity contribution in [2.45, 2.75) is 39.7 Å². The molecule has 3 atom stereocenters. The Kier molecular flexibility index (Phi) is 4.62. The first-order valence-electron chi connectivity index (χ1n) is 7.01. The zero-order chi connectivity index (χ0) is 13.1. The van der Waals surface area contributed by atoms with Crippen molar-refractivity contribution in [1.82, 2.24) is 10.3 Å². The normalized spacial score (nSPS) is 24.0. The summed E-state index contributed by atoms with van der Waals surface area (Å²) in [6.45, 7) is 8.94. The molecule has 0 spiro atoms. The summed E-state index contributed by atoms with van der Waals surface area (Å²) >= 11 is 1.77. The first-order chi connectivity index (χ1) is 8.61. The summed E-state index contributed by atoms with van der Waals surface area (Å²) in [4.78, 5) is 7.07. The van der Waals surface area contributed by atoms with E-state index >= 15 is 0 Å². The third kappa shape index (κ3) is 3.45. The summed E-state index contributed by atoms with van der Waals surface area (Å²) in [6, 6.07) is 0.364. The smallest absolute Gasteiger partial charge is 0.185 e. The van der Waals surface area contributed by atoms with Crippen molar-refractivity contribution in [3.05, 3.63) is 11.1 Å². The third-order valence-electron chi connectivity index (χ3n) is 3.77. The largest absolute Gasteiger partial charge is 0.351 e. The van der Waals surface area contributed by atoms with E-state index in [2.05, 4.69) is 43.4 Å². The van der Waals surface area contributed by atoms with Crippen molar-refractivity contribution in [2.75, 3.05) is 25.0 Å². The first-order valence-corrected chi connectivity index (χ1v) is 7.89. The van der Waals surface area contributed by atoms with Gasteiger partial charge in [-0.1, -0.05) is 13.8 Å². The maximum atomic E-state index is 4.75. The molecule has 0 aromatic carbocycles. The van der Waals surface area contributed by atoms with Crippen LogP contribution < -0.4 is 10.2 Å². The lowest BCUT2D eigenvalue weighted by Crippen LogP contribution is -2.22. The summed E-state index contributed by atoms with van der Waals surface area (Å²) in [5.74, 6) is 1.80. The van der Waals surface area contributed by atoms with Crippen LogP contribution in [0.2, 0.25) is 0 Å². The van der Waals surface area contributed by atoms with E-state index in [0.29, 0.717) is 6.04 Å². The van der Waals surface area contributed by atoms with Crippen molar-refractivity contribution in [3.63, 3.8) is 0 Å².